The minimum Gasteiger partial charge on any atom is -0.383 e. The summed E-state index contributed by atoms with van der Waals surface area (Å²) < 4.78 is 3.83. The van der Waals surface area contributed by atoms with Crippen molar-refractivity contribution in [3.8, 4) is 22.9 Å². The lowest BCUT2D eigenvalue weighted by atomic mass is 10.1. The molecule has 1 aliphatic carbocycles. The first-order chi connectivity index (χ1) is 19.6. The zero-order valence-corrected chi connectivity index (χ0v) is 22.6. The van der Waals surface area contributed by atoms with Gasteiger partial charge < -0.3 is 11.1 Å². The van der Waals surface area contributed by atoms with E-state index in [1.54, 1.807) is 17.1 Å². The molecule has 0 aliphatic heterocycles. The fourth-order valence-corrected chi connectivity index (χ4v) is 5.02. The van der Waals surface area contributed by atoms with E-state index in [-0.39, 0.29) is 0 Å². The van der Waals surface area contributed by atoms with Gasteiger partial charge >= 0.3 is 0 Å². The topological polar surface area (TPSA) is 112 Å². The molecule has 0 bridgehead atoms. The molecule has 0 atom stereocenters. The minimum absolute atomic E-state index is 0.447. The summed E-state index contributed by atoms with van der Waals surface area (Å²) in [5, 5.41) is 7.38. The molecular weight excluding hydrogens is 498 g/mol. The van der Waals surface area contributed by atoms with E-state index in [2.05, 4.69) is 49.2 Å². The SMILES string of the molecule is CNCc1ccc(C)nc1.Nc1ncccc1-c1nc2ccc(-n3cccn3)nc2n1-c1ccc2c(c1)CCC2. The first-order valence-electron chi connectivity index (χ1n) is 13.4. The predicted octanol–water partition coefficient (Wildman–Crippen LogP) is 4.85. The Morgan fingerprint density at radius 2 is 1.82 bits per heavy atom. The number of benzene rings is 1. The minimum atomic E-state index is 0.447. The molecular formula is C31H31N9. The van der Waals surface area contributed by atoms with Crippen LogP contribution in [-0.2, 0) is 19.4 Å². The highest BCUT2D eigenvalue weighted by atomic mass is 15.3. The number of nitrogens with one attached hydrogen (secondary N) is 1. The van der Waals surface area contributed by atoms with Gasteiger partial charge in [0, 0.05) is 42.7 Å². The zero-order chi connectivity index (χ0) is 27.5. The monoisotopic (exact) mass is 529 g/mol. The highest BCUT2D eigenvalue weighted by molar-refractivity contribution is 5.83. The van der Waals surface area contributed by atoms with Crippen LogP contribution in [0, 0.1) is 6.92 Å². The van der Waals surface area contributed by atoms with Crippen LogP contribution >= 0.6 is 0 Å². The number of imidazole rings is 1. The van der Waals surface area contributed by atoms with Crippen LogP contribution in [0.5, 0.6) is 0 Å². The number of fused-ring (bicyclic) bond motifs is 2. The van der Waals surface area contributed by atoms with E-state index in [9.17, 15) is 0 Å². The Hall–Kier alpha value is -4.89. The smallest absolute Gasteiger partial charge is 0.167 e. The van der Waals surface area contributed by atoms with E-state index in [1.165, 1.54) is 23.1 Å². The number of aryl methyl sites for hydroxylation is 3. The van der Waals surface area contributed by atoms with Crippen molar-refractivity contribution in [3.05, 3.63) is 108 Å². The molecule has 3 N–H and O–H groups in total. The molecule has 1 aliphatic rings. The van der Waals surface area contributed by atoms with Crippen molar-refractivity contribution in [2.45, 2.75) is 32.7 Å². The number of aromatic nitrogens is 7. The van der Waals surface area contributed by atoms with E-state index in [4.69, 9.17) is 15.7 Å². The number of nitrogens with zero attached hydrogens (tertiary/aromatic N) is 7. The molecule has 0 saturated heterocycles. The maximum absolute atomic E-state index is 6.22. The molecule has 0 unspecified atom stereocenters. The number of anilines is 1. The quantitative estimate of drug-likeness (QED) is 0.328. The van der Waals surface area contributed by atoms with Crippen molar-refractivity contribution in [2.24, 2.45) is 0 Å². The van der Waals surface area contributed by atoms with Crippen molar-refractivity contribution in [1.29, 1.82) is 0 Å². The van der Waals surface area contributed by atoms with Crippen LogP contribution in [0.2, 0.25) is 0 Å². The molecule has 7 rings (SSSR count). The Morgan fingerprint density at radius 1 is 0.925 bits per heavy atom. The van der Waals surface area contributed by atoms with Crippen LogP contribution in [0.25, 0.3) is 34.1 Å². The standard InChI is InChI=1S/C23H19N7.C8H12N2/c24-21-18(6-2-11-25-21)22-27-19-9-10-20(29-13-3-12-26-29)28-23(19)30(22)17-8-7-15-4-1-5-16(15)14-17;1-7-3-4-8(5-9-2)6-10-7/h2-3,6-14H,1,4-5H2,(H2,24,25);3-4,6,9H,5H2,1-2H3. The number of hydrogen-bond acceptors (Lipinski definition) is 7. The van der Waals surface area contributed by atoms with Gasteiger partial charge in [-0.05, 0) is 98.5 Å². The lowest BCUT2D eigenvalue weighted by Crippen LogP contribution is -2.05. The van der Waals surface area contributed by atoms with Crippen LogP contribution in [0.4, 0.5) is 5.82 Å². The van der Waals surface area contributed by atoms with Crippen molar-refractivity contribution in [2.75, 3.05) is 12.8 Å². The fraction of sp³-hybridized carbons (Fsp3) is 0.194. The summed E-state index contributed by atoms with van der Waals surface area (Å²) in [5.74, 6) is 1.92. The summed E-state index contributed by atoms with van der Waals surface area (Å²) in [6.45, 7) is 2.89. The molecule has 1 aromatic carbocycles. The Balaban J connectivity index is 0.000000246. The van der Waals surface area contributed by atoms with Gasteiger partial charge in [-0.1, -0.05) is 12.1 Å². The molecule has 5 heterocycles. The molecule has 6 aromatic rings. The fourth-order valence-electron chi connectivity index (χ4n) is 5.02. The summed E-state index contributed by atoms with van der Waals surface area (Å²) in [6, 6.07) is 20.3. The molecule has 40 heavy (non-hydrogen) atoms. The van der Waals surface area contributed by atoms with Gasteiger partial charge in [0.15, 0.2) is 17.3 Å². The Labute approximate surface area is 232 Å². The molecule has 0 amide bonds. The average Bonchev–Trinajstić information content (AvgIpc) is 3.74. The summed E-state index contributed by atoms with van der Waals surface area (Å²) in [5.41, 5.74) is 14.7. The summed E-state index contributed by atoms with van der Waals surface area (Å²) in [6.07, 6.45) is 10.7. The van der Waals surface area contributed by atoms with E-state index in [0.29, 0.717) is 5.82 Å². The largest absolute Gasteiger partial charge is 0.383 e. The van der Waals surface area contributed by atoms with Crippen molar-refractivity contribution in [3.63, 3.8) is 0 Å². The Morgan fingerprint density at radius 3 is 2.60 bits per heavy atom. The molecule has 0 saturated carbocycles. The zero-order valence-electron chi connectivity index (χ0n) is 22.6. The number of pyridine rings is 3. The van der Waals surface area contributed by atoms with Crippen LogP contribution in [0.3, 0.4) is 0 Å². The first kappa shape index (κ1) is 25.4. The third-order valence-corrected chi connectivity index (χ3v) is 7.00. The highest BCUT2D eigenvalue weighted by Crippen LogP contribution is 2.32. The first-order valence-corrected chi connectivity index (χ1v) is 13.4. The van der Waals surface area contributed by atoms with Crippen LogP contribution < -0.4 is 11.1 Å². The van der Waals surface area contributed by atoms with Gasteiger partial charge in [-0.15, -0.1) is 0 Å². The van der Waals surface area contributed by atoms with E-state index in [1.807, 2.05) is 62.8 Å². The van der Waals surface area contributed by atoms with Gasteiger partial charge in [-0.2, -0.15) is 5.10 Å². The number of rotatable bonds is 5. The summed E-state index contributed by atoms with van der Waals surface area (Å²) in [4.78, 5) is 18.2. The molecule has 5 aromatic heterocycles. The molecule has 200 valence electrons. The third-order valence-electron chi connectivity index (χ3n) is 7.00. The Bertz CT molecular complexity index is 1750. The number of hydrogen-bond donors (Lipinski definition) is 2. The molecule has 9 heteroatoms. The lowest BCUT2D eigenvalue weighted by Gasteiger charge is -2.12. The predicted molar refractivity (Wildman–Crippen MR) is 157 cm³/mol. The molecule has 0 fully saturated rings. The third kappa shape index (κ3) is 5.06. The normalized spacial score (nSPS) is 12.2. The molecule has 0 radical (unpaired) electrons. The van der Waals surface area contributed by atoms with Crippen molar-refractivity contribution < 1.29 is 0 Å². The average molecular weight is 530 g/mol. The second kappa shape index (κ2) is 11.1. The van der Waals surface area contributed by atoms with Gasteiger partial charge in [-0.25, -0.2) is 19.6 Å². The van der Waals surface area contributed by atoms with E-state index >= 15 is 0 Å². The van der Waals surface area contributed by atoms with Gasteiger partial charge in [0.1, 0.15) is 11.3 Å². The van der Waals surface area contributed by atoms with Crippen LogP contribution in [-0.4, -0.2) is 41.3 Å². The van der Waals surface area contributed by atoms with Crippen molar-refractivity contribution in [1.82, 2.24) is 39.6 Å². The van der Waals surface area contributed by atoms with Crippen molar-refractivity contribution >= 4 is 17.0 Å². The van der Waals surface area contributed by atoms with Crippen LogP contribution in [0.1, 0.15) is 28.8 Å². The van der Waals surface area contributed by atoms with Gasteiger partial charge in [-0.3, -0.25) is 9.55 Å². The number of nitrogens with two attached hydrogens (primary N) is 1. The second-order valence-electron chi connectivity index (χ2n) is 9.81. The van der Waals surface area contributed by atoms with E-state index < -0.39 is 0 Å². The number of nitrogen functional groups attached to an aromatic ring is 1. The van der Waals surface area contributed by atoms with E-state index in [0.717, 1.165) is 59.1 Å². The lowest BCUT2D eigenvalue weighted by molar-refractivity contribution is 0.812. The summed E-state index contributed by atoms with van der Waals surface area (Å²) >= 11 is 0. The van der Waals surface area contributed by atoms with Crippen LogP contribution in [0.15, 0.2) is 85.5 Å². The van der Waals surface area contributed by atoms with Gasteiger partial charge in [0.05, 0.1) is 5.56 Å². The maximum Gasteiger partial charge on any atom is 0.167 e. The maximum atomic E-state index is 6.22. The highest BCUT2D eigenvalue weighted by Gasteiger charge is 2.20. The van der Waals surface area contributed by atoms with Gasteiger partial charge in [0.25, 0.3) is 0 Å². The molecule has 0 spiro atoms. The summed E-state index contributed by atoms with van der Waals surface area (Å²) in [7, 11) is 1.93. The molecule has 9 nitrogen and oxygen atoms in total. The van der Waals surface area contributed by atoms with Gasteiger partial charge in [0.2, 0.25) is 0 Å². The Kier molecular flexibility index (Phi) is 7.03. The second-order valence-corrected chi connectivity index (χ2v) is 9.81.